The van der Waals surface area contributed by atoms with Crippen LogP contribution in [0.1, 0.15) is 43.5 Å². The number of nitrogens with zero attached hydrogens (tertiary/aromatic N) is 3. The van der Waals surface area contributed by atoms with Crippen LogP contribution in [0.15, 0.2) is 5.03 Å². The van der Waals surface area contributed by atoms with Crippen molar-refractivity contribution in [2.45, 2.75) is 49.8 Å². The third-order valence-corrected chi connectivity index (χ3v) is 4.69. The Labute approximate surface area is 118 Å². The molecule has 2 heterocycles. The van der Waals surface area contributed by atoms with Gasteiger partial charge in [0.2, 0.25) is 0 Å². The summed E-state index contributed by atoms with van der Waals surface area (Å²) in [6.45, 7) is 5.73. The summed E-state index contributed by atoms with van der Waals surface area (Å²) in [5.41, 5.74) is 2.75. The van der Waals surface area contributed by atoms with E-state index in [1.807, 2.05) is 0 Å². The fourth-order valence-corrected chi connectivity index (χ4v) is 3.42. The van der Waals surface area contributed by atoms with E-state index in [4.69, 9.17) is 4.74 Å². The molecule has 0 atom stereocenters. The first-order valence-corrected chi connectivity index (χ1v) is 7.71. The van der Waals surface area contributed by atoms with Crippen LogP contribution in [0, 0.1) is 11.3 Å². The van der Waals surface area contributed by atoms with E-state index in [2.05, 4.69) is 30.1 Å². The molecule has 0 N–H and O–H groups in total. The smallest absolute Gasteiger partial charge is 0.137 e. The largest absolute Gasteiger partial charge is 0.381 e. The molecule has 0 bridgehead atoms. The van der Waals surface area contributed by atoms with E-state index in [0.29, 0.717) is 5.25 Å². The molecule has 1 aromatic heterocycles. The maximum Gasteiger partial charge on any atom is 0.137 e. The third-order valence-electron chi connectivity index (χ3n) is 3.37. The molecule has 0 aliphatic carbocycles. The molecular weight excluding hydrogens is 258 g/mol. The normalized spacial score (nSPS) is 16.3. The first kappa shape index (κ1) is 14.3. The van der Waals surface area contributed by atoms with Crippen LogP contribution in [0.2, 0.25) is 0 Å². The molecule has 19 heavy (non-hydrogen) atoms. The topological polar surface area (TPSA) is 58.8 Å². The zero-order chi connectivity index (χ0) is 13.7. The summed E-state index contributed by atoms with van der Waals surface area (Å²) in [6, 6.07) is 2.32. The fraction of sp³-hybridized carbons (Fsp3) is 0.643. The predicted molar refractivity (Wildman–Crippen MR) is 75.2 cm³/mol. The van der Waals surface area contributed by atoms with E-state index in [1.165, 1.54) is 0 Å². The second-order valence-corrected chi connectivity index (χ2v) is 5.84. The second-order valence-electron chi connectivity index (χ2n) is 4.55. The number of hydrogen-bond donors (Lipinski definition) is 0. The highest BCUT2D eigenvalue weighted by atomic mass is 32.2. The van der Waals surface area contributed by atoms with Crippen LogP contribution >= 0.6 is 11.8 Å². The number of hydrogen-bond acceptors (Lipinski definition) is 5. The molecule has 1 aliphatic rings. The minimum atomic E-state index is 0.493. The van der Waals surface area contributed by atoms with Gasteiger partial charge in [0, 0.05) is 18.5 Å². The number of ether oxygens (including phenoxy) is 1. The molecule has 0 unspecified atom stereocenters. The van der Waals surface area contributed by atoms with Gasteiger partial charge in [-0.1, -0.05) is 25.6 Å². The van der Waals surface area contributed by atoms with Gasteiger partial charge in [-0.3, -0.25) is 0 Å². The number of aromatic nitrogens is 2. The van der Waals surface area contributed by atoms with Crippen molar-refractivity contribution in [1.29, 1.82) is 5.26 Å². The Bertz CT molecular complexity index is 478. The molecular formula is C14H19N3OS. The highest BCUT2D eigenvalue weighted by Crippen LogP contribution is 2.32. The average Bonchev–Trinajstić information content (AvgIpc) is 2.47. The summed E-state index contributed by atoms with van der Waals surface area (Å²) in [4.78, 5) is 0. The molecule has 1 aromatic rings. The zero-order valence-electron chi connectivity index (χ0n) is 11.5. The molecule has 1 fully saturated rings. The van der Waals surface area contributed by atoms with Crippen LogP contribution in [0.5, 0.6) is 0 Å². The van der Waals surface area contributed by atoms with Gasteiger partial charge in [0.25, 0.3) is 0 Å². The number of rotatable bonds is 4. The van der Waals surface area contributed by atoms with Crippen molar-refractivity contribution in [2.75, 3.05) is 13.2 Å². The van der Waals surface area contributed by atoms with E-state index in [0.717, 1.165) is 60.7 Å². The van der Waals surface area contributed by atoms with Crippen LogP contribution in [-0.4, -0.2) is 28.7 Å². The minimum Gasteiger partial charge on any atom is -0.381 e. The van der Waals surface area contributed by atoms with Crippen molar-refractivity contribution in [3.63, 3.8) is 0 Å². The van der Waals surface area contributed by atoms with Crippen molar-refractivity contribution in [1.82, 2.24) is 10.2 Å². The highest BCUT2D eigenvalue weighted by molar-refractivity contribution is 7.99. The van der Waals surface area contributed by atoms with Crippen LogP contribution in [0.3, 0.4) is 0 Å². The summed E-state index contributed by atoms with van der Waals surface area (Å²) in [5.74, 6) is 0. The van der Waals surface area contributed by atoms with Crippen molar-refractivity contribution in [3.05, 3.63) is 16.8 Å². The van der Waals surface area contributed by atoms with E-state index >= 15 is 0 Å². The monoisotopic (exact) mass is 277 g/mol. The molecule has 4 nitrogen and oxygen atoms in total. The molecule has 0 amide bonds. The van der Waals surface area contributed by atoms with Gasteiger partial charge in [-0.05, 0) is 31.2 Å². The molecule has 0 radical (unpaired) electrons. The SMILES string of the molecule is CCc1nnc(SC2CCOCC2)c(C#N)c1CC. The van der Waals surface area contributed by atoms with Crippen LogP contribution in [0.25, 0.3) is 0 Å². The standard InChI is InChI=1S/C14H19N3OS/c1-3-11-12(9-15)14(17-16-13(11)4-2)19-10-5-7-18-8-6-10/h10H,3-8H2,1-2H3. The Kier molecular flexibility index (Phi) is 5.17. The quantitative estimate of drug-likeness (QED) is 0.847. The molecule has 1 saturated heterocycles. The summed E-state index contributed by atoms with van der Waals surface area (Å²) in [7, 11) is 0. The van der Waals surface area contributed by atoms with Gasteiger partial charge in [-0.15, -0.1) is 5.10 Å². The van der Waals surface area contributed by atoms with Crippen molar-refractivity contribution in [3.8, 4) is 6.07 Å². The van der Waals surface area contributed by atoms with Gasteiger partial charge < -0.3 is 4.74 Å². The van der Waals surface area contributed by atoms with E-state index < -0.39 is 0 Å². The molecule has 0 aromatic carbocycles. The Morgan fingerprint density at radius 2 is 2.00 bits per heavy atom. The first-order valence-electron chi connectivity index (χ1n) is 6.83. The Hall–Kier alpha value is -1.12. The van der Waals surface area contributed by atoms with Gasteiger partial charge in [0.05, 0.1) is 11.3 Å². The van der Waals surface area contributed by atoms with E-state index in [-0.39, 0.29) is 0 Å². The van der Waals surface area contributed by atoms with Gasteiger partial charge in [-0.25, -0.2) is 0 Å². The average molecular weight is 277 g/mol. The lowest BCUT2D eigenvalue weighted by molar-refractivity contribution is 0.1000. The lowest BCUT2D eigenvalue weighted by Crippen LogP contribution is -2.18. The minimum absolute atomic E-state index is 0.493. The van der Waals surface area contributed by atoms with Gasteiger partial charge in [0.1, 0.15) is 11.1 Å². The van der Waals surface area contributed by atoms with Gasteiger partial charge in [0.15, 0.2) is 0 Å². The van der Waals surface area contributed by atoms with E-state index in [9.17, 15) is 5.26 Å². The number of thioether (sulfide) groups is 1. The predicted octanol–water partition coefficient (Wildman–Crippen LogP) is 2.74. The lowest BCUT2D eigenvalue weighted by atomic mass is 10.1. The molecule has 1 aliphatic heterocycles. The van der Waals surface area contributed by atoms with Crippen molar-refractivity contribution < 1.29 is 4.74 Å². The highest BCUT2D eigenvalue weighted by Gasteiger charge is 2.20. The third kappa shape index (κ3) is 3.26. The van der Waals surface area contributed by atoms with Gasteiger partial charge in [-0.2, -0.15) is 10.4 Å². The molecule has 0 saturated carbocycles. The number of aryl methyl sites for hydroxylation is 1. The van der Waals surface area contributed by atoms with E-state index in [1.54, 1.807) is 11.8 Å². The molecule has 2 rings (SSSR count). The molecule has 5 heteroatoms. The summed E-state index contributed by atoms with van der Waals surface area (Å²) in [5, 5.41) is 19.3. The fourth-order valence-electron chi connectivity index (χ4n) is 2.30. The summed E-state index contributed by atoms with van der Waals surface area (Å²) in [6.07, 6.45) is 3.71. The second kappa shape index (κ2) is 6.88. The summed E-state index contributed by atoms with van der Waals surface area (Å²) >= 11 is 1.69. The lowest BCUT2D eigenvalue weighted by Gasteiger charge is -2.21. The zero-order valence-corrected chi connectivity index (χ0v) is 12.3. The van der Waals surface area contributed by atoms with Gasteiger partial charge >= 0.3 is 0 Å². The van der Waals surface area contributed by atoms with Crippen molar-refractivity contribution in [2.24, 2.45) is 0 Å². The first-order chi connectivity index (χ1) is 9.30. The molecule has 0 spiro atoms. The van der Waals surface area contributed by atoms with Crippen molar-refractivity contribution >= 4 is 11.8 Å². The Morgan fingerprint density at radius 3 is 2.58 bits per heavy atom. The Balaban J connectivity index is 2.27. The maximum absolute atomic E-state index is 9.42. The van der Waals surface area contributed by atoms with Crippen LogP contribution in [0.4, 0.5) is 0 Å². The number of nitriles is 1. The Morgan fingerprint density at radius 1 is 1.26 bits per heavy atom. The van der Waals surface area contributed by atoms with Crippen LogP contribution < -0.4 is 0 Å². The molecule has 102 valence electrons. The maximum atomic E-state index is 9.42. The van der Waals surface area contributed by atoms with Crippen LogP contribution in [-0.2, 0) is 17.6 Å². The summed E-state index contributed by atoms with van der Waals surface area (Å²) < 4.78 is 5.36.